The van der Waals surface area contributed by atoms with Crippen LogP contribution in [0.2, 0.25) is 0 Å². The molecule has 0 radical (unpaired) electrons. The molecule has 186 valence electrons. The van der Waals surface area contributed by atoms with E-state index in [9.17, 15) is 4.39 Å². The summed E-state index contributed by atoms with van der Waals surface area (Å²) in [6.45, 7) is 0.289. The molecular weight excluding hydrogens is 481 g/mol. The quantitative estimate of drug-likeness (QED) is 0.198. The first kappa shape index (κ1) is 24.9. The third-order valence-electron chi connectivity index (χ3n) is 6.94. The summed E-state index contributed by atoms with van der Waals surface area (Å²) >= 11 is 0. The van der Waals surface area contributed by atoms with Crippen LogP contribution in [0.4, 0.5) is 8.78 Å². The molecule has 0 aliphatic carbocycles. The van der Waals surface area contributed by atoms with Crippen LogP contribution in [0.3, 0.4) is 0 Å². The van der Waals surface area contributed by atoms with E-state index in [4.69, 9.17) is 4.74 Å². The van der Waals surface area contributed by atoms with Gasteiger partial charge in [0.15, 0.2) is 0 Å². The van der Waals surface area contributed by atoms with Gasteiger partial charge in [0.1, 0.15) is 0 Å². The summed E-state index contributed by atoms with van der Waals surface area (Å²) in [4.78, 5) is 0. The fraction of sp³-hybridized carbons (Fsp3) is 0.0909. The van der Waals surface area contributed by atoms with Crippen LogP contribution in [0.25, 0.3) is 0 Å². The first-order valence-electron chi connectivity index (χ1n) is 12.5. The standard InChI is InChI=1S/C33H29F2OP/c34-31-21-22-32(36-25-26-13-5-1-6-14-26)30(33(31)35)23-24-37(27-15-7-2-8-16-27,28-17-9-3-10-18-28)29-19-11-4-12-20-29/h1-22,37H,23-25H2. The van der Waals surface area contributed by atoms with Gasteiger partial charge in [-0.2, -0.15) is 0 Å². The molecule has 0 saturated heterocycles. The second kappa shape index (κ2) is 11.5. The fourth-order valence-corrected chi connectivity index (χ4v) is 9.87. The summed E-state index contributed by atoms with van der Waals surface area (Å²) < 4.78 is 35.9. The Bertz CT molecular complexity index is 1330. The van der Waals surface area contributed by atoms with E-state index >= 15 is 4.39 Å². The zero-order chi connectivity index (χ0) is 25.5. The topological polar surface area (TPSA) is 9.23 Å². The second-order valence-electron chi connectivity index (χ2n) is 9.12. The number of ether oxygens (including phenoxy) is 1. The van der Waals surface area contributed by atoms with Crippen LogP contribution in [0.5, 0.6) is 5.75 Å². The predicted molar refractivity (Wildman–Crippen MR) is 152 cm³/mol. The van der Waals surface area contributed by atoms with Crippen molar-refractivity contribution < 1.29 is 13.5 Å². The molecule has 0 aromatic heterocycles. The Morgan fingerprint density at radius 1 is 0.541 bits per heavy atom. The monoisotopic (exact) mass is 510 g/mol. The van der Waals surface area contributed by atoms with E-state index in [1.807, 2.05) is 48.5 Å². The molecule has 1 nitrogen and oxygen atoms in total. The van der Waals surface area contributed by atoms with Crippen LogP contribution in [-0.4, -0.2) is 6.16 Å². The van der Waals surface area contributed by atoms with Crippen molar-refractivity contribution in [3.05, 3.63) is 156 Å². The van der Waals surface area contributed by atoms with Crippen LogP contribution >= 0.6 is 7.26 Å². The van der Waals surface area contributed by atoms with Gasteiger partial charge in [-0.1, -0.05) is 0 Å². The number of hydrogen-bond acceptors (Lipinski definition) is 1. The first-order chi connectivity index (χ1) is 18.2. The molecule has 0 N–H and O–H groups in total. The third-order valence-corrected chi connectivity index (χ3v) is 11.9. The number of benzene rings is 5. The van der Waals surface area contributed by atoms with E-state index in [1.54, 1.807) is 6.07 Å². The van der Waals surface area contributed by atoms with Gasteiger partial charge in [-0.15, -0.1) is 0 Å². The Balaban J connectivity index is 1.58. The summed E-state index contributed by atoms with van der Waals surface area (Å²) in [6.07, 6.45) is 1.01. The molecular formula is C33H29F2OP. The van der Waals surface area contributed by atoms with Gasteiger partial charge in [0, 0.05) is 0 Å². The Labute approximate surface area is 217 Å². The number of hydrogen-bond donors (Lipinski definition) is 0. The van der Waals surface area contributed by atoms with Gasteiger partial charge in [-0.25, -0.2) is 0 Å². The van der Waals surface area contributed by atoms with E-state index < -0.39 is 18.9 Å². The first-order valence-corrected chi connectivity index (χ1v) is 14.7. The van der Waals surface area contributed by atoms with Gasteiger partial charge in [0.05, 0.1) is 0 Å². The normalized spacial score (nSPS) is 11.7. The SMILES string of the molecule is Fc1ccc(OCc2ccccc2)c(CC[PH](c2ccccc2)(c2ccccc2)c2ccccc2)c1F. The van der Waals surface area contributed by atoms with Gasteiger partial charge in [0.25, 0.3) is 0 Å². The zero-order valence-corrected chi connectivity index (χ0v) is 21.5. The fourth-order valence-electron chi connectivity index (χ4n) is 5.09. The van der Waals surface area contributed by atoms with Gasteiger partial charge in [0.2, 0.25) is 0 Å². The maximum atomic E-state index is 15.3. The molecule has 0 unspecified atom stereocenters. The van der Waals surface area contributed by atoms with Crippen LogP contribution in [0, 0.1) is 11.6 Å². The number of halogens is 2. The van der Waals surface area contributed by atoms with Crippen molar-refractivity contribution in [3.8, 4) is 5.75 Å². The average molecular weight is 511 g/mol. The molecule has 0 saturated carbocycles. The Kier molecular flexibility index (Phi) is 7.73. The number of rotatable bonds is 9. The minimum atomic E-state index is -2.60. The van der Waals surface area contributed by atoms with Gasteiger partial charge in [-0.05, 0) is 0 Å². The Hall–Kier alpha value is -3.81. The van der Waals surface area contributed by atoms with Crippen molar-refractivity contribution in [2.45, 2.75) is 13.0 Å². The van der Waals surface area contributed by atoms with Crippen LogP contribution in [-0.2, 0) is 13.0 Å². The van der Waals surface area contributed by atoms with Crippen LogP contribution in [0.15, 0.2) is 133 Å². The summed E-state index contributed by atoms with van der Waals surface area (Å²) in [5.74, 6) is -1.30. The van der Waals surface area contributed by atoms with Crippen molar-refractivity contribution in [3.63, 3.8) is 0 Å². The molecule has 0 spiro atoms. The van der Waals surface area contributed by atoms with Crippen LogP contribution < -0.4 is 20.7 Å². The second-order valence-corrected chi connectivity index (χ2v) is 13.2. The van der Waals surface area contributed by atoms with Crippen molar-refractivity contribution in [1.29, 1.82) is 0 Å². The van der Waals surface area contributed by atoms with Gasteiger partial charge >= 0.3 is 218 Å². The molecule has 0 amide bonds. The molecule has 5 aromatic rings. The van der Waals surface area contributed by atoms with Crippen molar-refractivity contribution in [1.82, 2.24) is 0 Å². The van der Waals surface area contributed by atoms with Crippen molar-refractivity contribution in [2.24, 2.45) is 0 Å². The van der Waals surface area contributed by atoms with E-state index in [2.05, 4.69) is 72.8 Å². The average Bonchev–Trinajstić information content (AvgIpc) is 2.97. The van der Waals surface area contributed by atoms with E-state index in [-0.39, 0.29) is 12.2 Å². The minimum absolute atomic E-state index is 0.288. The van der Waals surface area contributed by atoms with Crippen molar-refractivity contribution in [2.75, 3.05) is 6.16 Å². The summed E-state index contributed by atoms with van der Waals surface area (Å²) in [6, 6.07) is 43.8. The summed E-state index contributed by atoms with van der Waals surface area (Å²) in [7, 11) is -2.60. The molecule has 0 fully saturated rings. The summed E-state index contributed by atoms with van der Waals surface area (Å²) in [5.41, 5.74) is 1.26. The molecule has 4 heteroatoms. The predicted octanol–water partition coefficient (Wildman–Crippen LogP) is 6.81. The van der Waals surface area contributed by atoms with E-state index in [0.29, 0.717) is 18.3 Å². The zero-order valence-electron chi connectivity index (χ0n) is 20.5. The molecule has 0 aliphatic rings. The molecule has 37 heavy (non-hydrogen) atoms. The molecule has 0 heterocycles. The maximum absolute atomic E-state index is 15.3. The molecule has 5 aromatic carbocycles. The molecule has 0 atom stereocenters. The van der Waals surface area contributed by atoms with Crippen molar-refractivity contribution >= 4 is 23.2 Å². The molecule has 5 rings (SSSR count). The third kappa shape index (κ3) is 5.33. The Morgan fingerprint density at radius 2 is 1.00 bits per heavy atom. The van der Waals surface area contributed by atoms with Gasteiger partial charge < -0.3 is 0 Å². The Morgan fingerprint density at radius 3 is 1.49 bits per heavy atom. The van der Waals surface area contributed by atoms with Gasteiger partial charge in [-0.3, -0.25) is 0 Å². The molecule has 0 bridgehead atoms. The van der Waals surface area contributed by atoms with E-state index in [1.165, 1.54) is 15.9 Å². The van der Waals surface area contributed by atoms with E-state index in [0.717, 1.165) is 11.6 Å². The molecule has 0 aliphatic heterocycles. The van der Waals surface area contributed by atoms with Crippen LogP contribution in [0.1, 0.15) is 11.1 Å². The summed E-state index contributed by atoms with van der Waals surface area (Å²) in [5, 5.41) is 3.70.